The number of carbonyl (C=O) groups excluding carboxylic acids is 3. The summed E-state index contributed by atoms with van der Waals surface area (Å²) >= 11 is 0. The van der Waals surface area contributed by atoms with Gasteiger partial charge in [-0.1, -0.05) is 181 Å². The SMILES string of the molecule is CCCCCCCCCCCCCCCCC(=O)OCC(COC(=O)CCCCCCCC)OC(=O)CCCCCCCCCC. The molecular formula is C40H76O6. The second-order valence-electron chi connectivity index (χ2n) is 13.6. The maximum Gasteiger partial charge on any atom is 0.306 e. The molecule has 0 bridgehead atoms. The van der Waals surface area contributed by atoms with E-state index in [0.717, 1.165) is 57.8 Å². The van der Waals surface area contributed by atoms with Crippen molar-refractivity contribution in [1.82, 2.24) is 0 Å². The molecule has 0 spiro atoms. The highest BCUT2D eigenvalue weighted by molar-refractivity contribution is 5.71. The van der Waals surface area contributed by atoms with Crippen LogP contribution in [0.3, 0.4) is 0 Å². The van der Waals surface area contributed by atoms with Gasteiger partial charge in [0.05, 0.1) is 0 Å². The first-order chi connectivity index (χ1) is 22.5. The summed E-state index contributed by atoms with van der Waals surface area (Å²) in [6.07, 6.45) is 33.9. The van der Waals surface area contributed by atoms with Crippen LogP contribution >= 0.6 is 0 Å². The quantitative estimate of drug-likeness (QED) is 0.0381. The van der Waals surface area contributed by atoms with Crippen LogP contribution in [0.2, 0.25) is 0 Å². The number of hydrogen-bond acceptors (Lipinski definition) is 6. The summed E-state index contributed by atoms with van der Waals surface area (Å²) in [5.74, 6) is -0.874. The van der Waals surface area contributed by atoms with Crippen LogP contribution in [0, 0.1) is 0 Å². The highest BCUT2D eigenvalue weighted by Gasteiger charge is 2.19. The van der Waals surface area contributed by atoms with E-state index in [0.29, 0.717) is 19.3 Å². The molecule has 0 aliphatic heterocycles. The first kappa shape index (κ1) is 44.4. The van der Waals surface area contributed by atoms with Crippen molar-refractivity contribution in [2.24, 2.45) is 0 Å². The average Bonchev–Trinajstić information content (AvgIpc) is 3.05. The highest BCUT2D eigenvalue weighted by Crippen LogP contribution is 2.15. The van der Waals surface area contributed by atoms with E-state index in [1.807, 2.05) is 0 Å². The Morgan fingerprint density at radius 2 is 0.587 bits per heavy atom. The number of rotatable bonds is 36. The predicted octanol–water partition coefficient (Wildman–Crippen LogP) is 12.1. The summed E-state index contributed by atoms with van der Waals surface area (Å²) in [5.41, 5.74) is 0. The second kappa shape index (κ2) is 36.2. The summed E-state index contributed by atoms with van der Waals surface area (Å²) in [6.45, 7) is 6.54. The van der Waals surface area contributed by atoms with Gasteiger partial charge < -0.3 is 14.2 Å². The van der Waals surface area contributed by atoms with Gasteiger partial charge in [-0.15, -0.1) is 0 Å². The minimum atomic E-state index is -0.754. The molecule has 46 heavy (non-hydrogen) atoms. The molecule has 1 unspecified atom stereocenters. The van der Waals surface area contributed by atoms with E-state index in [4.69, 9.17) is 14.2 Å². The number of esters is 3. The molecule has 0 aromatic heterocycles. The molecule has 0 rings (SSSR count). The Kier molecular flexibility index (Phi) is 35.0. The van der Waals surface area contributed by atoms with Crippen LogP contribution in [0.25, 0.3) is 0 Å². The van der Waals surface area contributed by atoms with Crippen molar-refractivity contribution < 1.29 is 28.6 Å². The molecule has 6 nitrogen and oxygen atoms in total. The summed E-state index contributed by atoms with van der Waals surface area (Å²) in [5, 5.41) is 0. The Morgan fingerprint density at radius 1 is 0.348 bits per heavy atom. The van der Waals surface area contributed by atoms with Gasteiger partial charge in [-0.25, -0.2) is 0 Å². The molecule has 0 saturated heterocycles. The van der Waals surface area contributed by atoms with Crippen molar-refractivity contribution in [2.45, 2.75) is 226 Å². The largest absolute Gasteiger partial charge is 0.462 e. The molecule has 0 aliphatic carbocycles. The van der Waals surface area contributed by atoms with Gasteiger partial charge in [0.15, 0.2) is 6.10 Å². The molecule has 0 radical (unpaired) electrons. The molecule has 0 N–H and O–H groups in total. The van der Waals surface area contributed by atoms with Gasteiger partial charge in [-0.05, 0) is 19.3 Å². The summed E-state index contributed by atoms with van der Waals surface area (Å²) in [4.78, 5) is 37.2. The van der Waals surface area contributed by atoms with E-state index in [-0.39, 0.29) is 31.1 Å². The van der Waals surface area contributed by atoms with Crippen LogP contribution in [-0.4, -0.2) is 37.2 Å². The molecule has 0 aromatic carbocycles. The molecule has 0 saturated carbocycles. The van der Waals surface area contributed by atoms with Crippen molar-refractivity contribution >= 4 is 17.9 Å². The smallest absolute Gasteiger partial charge is 0.306 e. The lowest BCUT2D eigenvalue weighted by Crippen LogP contribution is -2.30. The number of unbranched alkanes of at least 4 members (excludes halogenated alkanes) is 25. The van der Waals surface area contributed by atoms with Crippen LogP contribution in [0.5, 0.6) is 0 Å². The van der Waals surface area contributed by atoms with Crippen LogP contribution in [0.1, 0.15) is 220 Å². The molecule has 0 fully saturated rings. The van der Waals surface area contributed by atoms with Crippen molar-refractivity contribution in [3.63, 3.8) is 0 Å². The van der Waals surface area contributed by atoms with E-state index in [2.05, 4.69) is 20.8 Å². The molecule has 0 amide bonds. The second-order valence-corrected chi connectivity index (χ2v) is 13.6. The van der Waals surface area contributed by atoms with E-state index in [1.165, 1.54) is 122 Å². The Morgan fingerprint density at radius 3 is 0.870 bits per heavy atom. The van der Waals surface area contributed by atoms with Gasteiger partial charge >= 0.3 is 17.9 Å². The normalized spacial score (nSPS) is 11.8. The van der Waals surface area contributed by atoms with Crippen molar-refractivity contribution in [2.75, 3.05) is 13.2 Å². The molecule has 0 heterocycles. The average molecular weight is 653 g/mol. The monoisotopic (exact) mass is 653 g/mol. The lowest BCUT2D eigenvalue weighted by atomic mass is 10.0. The van der Waals surface area contributed by atoms with Gasteiger partial charge in [0.25, 0.3) is 0 Å². The zero-order chi connectivity index (χ0) is 33.8. The highest BCUT2D eigenvalue weighted by atomic mass is 16.6. The molecular weight excluding hydrogens is 576 g/mol. The molecule has 272 valence electrons. The van der Waals surface area contributed by atoms with Gasteiger partial charge in [0.2, 0.25) is 0 Å². The fourth-order valence-electron chi connectivity index (χ4n) is 5.79. The third kappa shape index (κ3) is 33.8. The lowest BCUT2D eigenvalue weighted by Gasteiger charge is -2.18. The Bertz CT molecular complexity index is 679. The van der Waals surface area contributed by atoms with Crippen LogP contribution < -0.4 is 0 Å². The maximum absolute atomic E-state index is 12.5. The van der Waals surface area contributed by atoms with Crippen LogP contribution in [0.4, 0.5) is 0 Å². The predicted molar refractivity (Wildman–Crippen MR) is 192 cm³/mol. The van der Waals surface area contributed by atoms with E-state index in [1.54, 1.807) is 0 Å². The fourth-order valence-corrected chi connectivity index (χ4v) is 5.79. The minimum Gasteiger partial charge on any atom is -0.462 e. The van der Waals surface area contributed by atoms with Gasteiger partial charge in [-0.2, -0.15) is 0 Å². The zero-order valence-electron chi connectivity index (χ0n) is 30.9. The fraction of sp³-hybridized carbons (Fsp3) is 0.925. The van der Waals surface area contributed by atoms with Crippen LogP contribution in [0.15, 0.2) is 0 Å². The Balaban J connectivity index is 4.22. The molecule has 1 atom stereocenters. The van der Waals surface area contributed by atoms with Crippen LogP contribution in [-0.2, 0) is 28.6 Å². The summed E-state index contributed by atoms with van der Waals surface area (Å²) in [6, 6.07) is 0. The van der Waals surface area contributed by atoms with Crippen molar-refractivity contribution in [3.8, 4) is 0 Å². The standard InChI is InChI=1S/C40H76O6/c1-4-7-10-13-16-18-19-20-21-22-23-25-27-30-33-39(42)45-36-37(35-44-38(41)32-29-26-15-12-9-6-3)46-40(43)34-31-28-24-17-14-11-8-5-2/h37H,4-36H2,1-3H3. The maximum atomic E-state index is 12.5. The summed E-state index contributed by atoms with van der Waals surface area (Å²) in [7, 11) is 0. The first-order valence-corrected chi connectivity index (χ1v) is 20.0. The number of carbonyl (C=O) groups is 3. The minimum absolute atomic E-state index is 0.0646. The lowest BCUT2D eigenvalue weighted by molar-refractivity contribution is -0.167. The van der Waals surface area contributed by atoms with E-state index in [9.17, 15) is 14.4 Å². The van der Waals surface area contributed by atoms with Crippen molar-refractivity contribution in [1.29, 1.82) is 0 Å². The Hall–Kier alpha value is -1.59. The molecule has 6 heteroatoms. The van der Waals surface area contributed by atoms with Gasteiger partial charge in [0, 0.05) is 19.3 Å². The molecule has 0 aromatic rings. The number of ether oxygens (including phenoxy) is 3. The topological polar surface area (TPSA) is 78.9 Å². The van der Waals surface area contributed by atoms with Gasteiger partial charge in [-0.3, -0.25) is 14.4 Å². The summed E-state index contributed by atoms with van der Waals surface area (Å²) < 4.78 is 16.5. The van der Waals surface area contributed by atoms with Crippen molar-refractivity contribution in [3.05, 3.63) is 0 Å². The van der Waals surface area contributed by atoms with Gasteiger partial charge in [0.1, 0.15) is 13.2 Å². The molecule has 0 aliphatic rings. The van der Waals surface area contributed by atoms with E-state index >= 15 is 0 Å². The zero-order valence-corrected chi connectivity index (χ0v) is 30.9. The first-order valence-electron chi connectivity index (χ1n) is 20.0. The van der Waals surface area contributed by atoms with E-state index < -0.39 is 6.10 Å². The third-order valence-electron chi connectivity index (χ3n) is 8.86. The third-order valence-corrected chi connectivity index (χ3v) is 8.86. The number of hydrogen-bond donors (Lipinski definition) is 0. The Labute approximate surface area is 285 Å².